The molecule has 1 aromatic carbocycles. The fourth-order valence-electron chi connectivity index (χ4n) is 5.70. The van der Waals surface area contributed by atoms with Crippen LogP contribution in [0, 0.1) is 24.2 Å². The standard InChI is InChI=1S/C28H31N9O2/c1-3-37-26-25-22(30-16-31-26)12-19(13-23(25)34-28(37)39)15-35-6-8-36(9-7-35)24-5-4-21(32-17(24)2)27(38)33-20-10-18(11-20)14-29/h4-5,12-13,16,18,20H,3,6-11,15H2,1-2H3,(H,30,31)(H,33,38). The Morgan fingerprint density at radius 3 is 2.69 bits per heavy atom. The summed E-state index contributed by atoms with van der Waals surface area (Å²) in [5, 5.41) is 16.0. The van der Waals surface area contributed by atoms with E-state index in [9.17, 15) is 9.59 Å². The molecule has 1 aliphatic carbocycles. The molecule has 1 amide bonds. The number of hydrogen-bond acceptors (Lipinski definition) is 9. The third-order valence-corrected chi connectivity index (χ3v) is 7.89. The zero-order valence-corrected chi connectivity index (χ0v) is 22.1. The van der Waals surface area contributed by atoms with Gasteiger partial charge in [0.2, 0.25) is 0 Å². The topological polar surface area (TPSA) is 132 Å². The molecule has 0 atom stereocenters. The van der Waals surface area contributed by atoms with E-state index < -0.39 is 0 Å². The number of hydrogen-bond donors (Lipinski definition) is 2. The molecule has 1 saturated heterocycles. The molecule has 11 nitrogen and oxygen atoms in total. The summed E-state index contributed by atoms with van der Waals surface area (Å²) in [6, 6.07) is 10.2. The predicted molar refractivity (Wildman–Crippen MR) is 150 cm³/mol. The van der Waals surface area contributed by atoms with Gasteiger partial charge in [0.25, 0.3) is 5.91 Å². The molecule has 0 bridgehead atoms. The van der Waals surface area contributed by atoms with Gasteiger partial charge in [-0.2, -0.15) is 10.2 Å². The van der Waals surface area contributed by atoms with Crippen LogP contribution < -0.4 is 21.2 Å². The first-order valence-electron chi connectivity index (χ1n) is 13.5. The number of aryl methyl sites for hydroxylation is 1. The summed E-state index contributed by atoms with van der Waals surface area (Å²) in [4.78, 5) is 43.1. The Morgan fingerprint density at radius 2 is 1.97 bits per heavy atom. The van der Waals surface area contributed by atoms with Crippen molar-refractivity contribution in [1.29, 1.82) is 5.26 Å². The van der Waals surface area contributed by atoms with Gasteiger partial charge in [-0.25, -0.2) is 14.8 Å². The van der Waals surface area contributed by atoms with Crippen LogP contribution >= 0.6 is 0 Å². The molecule has 0 spiro atoms. The van der Waals surface area contributed by atoms with Crippen molar-refractivity contribution in [3.8, 4) is 6.07 Å². The molecule has 0 unspecified atom stereocenters. The Bertz CT molecular complexity index is 1570. The smallest absolute Gasteiger partial charge is 0.349 e. The number of carbonyl (C=O) groups is 1. The average molecular weight is 526 g/mol. The maximum atomic E-state index is 12.6. The van der Waals surface area contributed by atoms with Crippen LogP contribution in [0.1, 0.15) is 41.5 Å². The number of anilines is 2. The summed E-state index contributed by atoms with van der Waals surface area (Å²) in [5.41, 5.74) is 4.71. The van der Waals surface area contributed by atoms with Gasteiger partial charge in [0.15, 0.2) is 0 Å². The maximum absolute atomic E-state index is 12.6. The number of aromatic nitrogens is 3. The van der Waals surface area contributed by atoms with Crippen LogP contribution in [0.5, 0.6) is 0 Å². The minimum Gasteiger partial charge on any atom is -0.368 e. The van der Waals surface area contributed by atoms with Crippen molar-refractivity contribution >= 4 is 40.3 Å². The van der Waals surface area contributed by atoms with Gasteiger partial charge in [-0.1, -0.05) is 0 Å². The summed E-state index contributed by atoms with van der Waals surface area (Å²) in [6.45, 7) is 8.59. The van der Waals surface area contributed by atoms with Gasteiger partial charge in [-0.15, -0.1) is 0 Å². The highest BCUT2D eigenvalue weighted by atomic mass is 16.2. The minimum absolute atomic E-state index is 0.0506. The Labute approximate surface area is 226 Å². The van der Waals surface area contributed by atoms with Crippen LogP contribution in [-0.4, -0.2) is 63.9 Å². The van der Waals surface area contributed by atoms with E-state index in [-0.39, 0.29) is 23.6 Å². The molecular weight excluding hydrogens is 494 g/mol. The third-order valence-electron chi connectivity index (χ3n) is 7.89. The number of rotatable bonds is 6. The fraction of sp³-hybridized carbons (Fsp3) is 0.429. The number of amides is 1. The highest BCUT2D eigenvalue weighted by Crippen LogP contribution is 2.34. The van der Waals surface area contributed by atoms with Gasteiger partial charge in [-0.3, -0.25) is 14.3 Å². The van der Waals surface area contributed by atoms with Crippen LogP contribution in [0.3, 0.4) is 0 Å². The first-order valence-corrected chi connectivity index (χ1v) is 13.5. The zero-order chi connectivity index (χ0) is 27.1. The van der Waals surface area contributed by atoms with Crippen molar-refractivity contribution in [1.82, 2.24) is 24.8 Å². The van der Waals surface area contributed by atoms with Crippen LogP contribution in [0.4, 0.5) is 17.2 Å². The molecule has 3 aromatic rings. The molecule has 200 valence electrons. The maximum Gasteiger partial charge on any atom is 0.349 e. The van der Waals surface area contributed by atoms with Crippen LogP contribution in [-0.2, 0) is 13.1 Å². The van der Waals surface area contributed by atoms with Gasteiger partial charge in [0.05, 0.1) is 46.3 Å². The number of piperazine rings is 1. The quantitative estimate of drug-likeness (QED) is 0.502. The van der Waals surface area contributed by atoms with E-state index in [0.29, 0.717) is 36.4 Å². The molecular formula is C28H31N9O2. The number of aliphatic imine (C=N–C) groups is 1. The number of pyridine rings is 1. The van der Waals surface area contributed by atoms with Gasteiger partial charge < -0.3 is 15.5 Å². The van der Waals surface area contributed by atoms with E-state index in [1.54, 1.807) is 17.0 Å². The minimum atomic E-state index is -0.279. The second kappa shape index (κ2) is 10.1. The Kier molecular flexibility index (Phi) is 6.48. The van der Waals surface area contributed by atoms with Gasteiger partial charge in [-0.05, 0) is 56.5 Å². The number of benzene rings is 1. The lowest BCUT2D eigenvalue weighted by Crippen LogP contribution is -2.46. The van der Waals surface area contributed by atoms with E-state index in [1.165, 1.54) is 0 Å². The first kappa shape index (κ1) is 25.0. The number of nitriles is 1. The van der Waals surface area contributed by atoms with Gasteiger partial charge in [0, 0.05) is 45.3 Å². The molecule has 1 saturated carbocycles. The zero-order valence-electron chi connectivity index (χ0n) is 22.1. The van der Waals surface area contributed by atoms with E-state index in [2.05, 4.69) is 47.5 Å². The molecule has 11 heteroatoms. The van der Waals surface area contributed by atoms with E-state index >= 15 is 0 Å². The summed E-state index contributed by atoms with van der Waals surface area (Å²) in [7, 11) is 0. The Morgan fingerprint density at radius 1 is 1.18 bits per heavy atom. The average Bonchev–Trinajstić information content (AvgIpc) is 2.91. The summed E-state index contributed by atoms with van der Waals surface area (Å²) in [5.74, 6) is 0.528. The number of nitrogens with one attached hydrogen (secondary N) is 2. The molecule has 0 radical (unpaired) electrons. The van der Waals surface area contributed by atoms with Crippen molar-refractivity contribution in [2.75, 3.05) is 36.4 Å². The molecule has 3 aliphatic rings. The van der Waals surface area contributed by atoms with Crippen LogP contribution in [0.25, 0.3) is 10.9 Å². The van der Waals surface area contributed by atoms with Crippen LogP contribution in [0.2, 0.25) is 0 Å². The molecule has 2 N–H and O–H groups in total. The molecule has 39 heavy (non-hydrogen) atoms. The molecule has 4 heterocycles. The fourth-order valence-corrected chi connectivity index (χ4v) is 5.70. The third kappa shape index (κ3) is 4.72. The largest absolute Gasteiger partial charge is 0.368 e. The summed E-state index contributed by atoms with van der Waals surface area (Å²) < 4.78 is 1.59. The summed E-state index contributed by atoms with van der Waals surface area (Å²) >= 11 is 0. The highest BCUT2D eigenvalue weighted by Gasteiger charge is 2.31. The van der Waals surface area contributed by atoms with Crippen molar-refractivity contribution < 1.29 is 4.79 Å². The normalized spacial score (nSPS) is 20.3. The lowest BCUT2D eigenvalue weighted by molar-refractivity contribution is 0.0899. The lowest BCUT2D eigenvalue weighted by Gasteiger charge is -2.36. The lowest BCUT2D eigenvalue weighted by atomic mass is 9.81. The monoisotopic (exact) mass is 525 g/mol. The van der Waals surface area contributed by atoms with E-state index in [1.807, 2.05) is 26.0 Å². The molecule has 2 fully saturated rings. The van der Waals surface area contributed by atoms with Gasteiger partial charge >= 0.3 is 5.69 Å². The molecule has 2 aliphatic heterocycles. The first-order chi connectivity index (χ1) is 18.9. The second-order valence-electron chi connectivity index (χ2n) is 10.4. The molecule has 2 aromatic heterocycles. The summed E-state index contributed by atoms with van der Waals surface area (Å²) in [6.07, 6.45) is 3.06. The van der Waals surface area contributed by atoms with E-state index in [0.717, 1.165) is 60.7 Å². The Hall–Kier alpha value is -4.30. The second-order valence-corrected chi connectivity index (χ2v) is 10.4. The van der Waals surface area contributed by atoms with Crippen molar-refractivity contribution in [3.63, 3.8) is 0 Å². The van der Waals surface area contributed by atoms with Gasteiger partial charge in [0.1, 0.15) is 11.5 Å². The highest BCUT2D eigenvalue weighted by molar-refractivity contribution is 6.06. The van der Waals surface area contributed by atoms with Crippen molar-refractivity contribution in [2.45, 2.75) is 45.8 Å². The number of carbonyl (C=O) groups excluding carboxylic acids is 1. The molecule has 6 rings (SSSR count). The van der Waals surface area contributed by atoms with Crippen LogP contribution in [0.15, 0.2) is 34.1 Å². The van der Waals surface area contributed by atoms with Crippen molar-refractivity contribution in [3.05, 3.63) is 51.7 Å². The van der Waals surface area contributed by atoms with E-state index in [4.69, 9.17) is 5.26 Å². The van der Waals surface area contributed by atoms with Crippen molar-refractivity contribution in [2.24, 2.45) is 10.9 Å². The predicted octanol–water partition coefficient (Wildman–Crippen LogP) is 2.56. The SMILES string of the molecule is CCn1c2c3c(cc(CN4CCN(c5ccc(C(=O)NC6CC(C#N)C6)nc5C)CC4)cc3nc1=O)NC=N2. The number of nitrogens with zero attached hydrogens (tertiary/aromatic N) is 7. The Balaban J connectivity index is 1.10.